The summed E-state index contributed by atoms with van der Waals surface area (Å²) in [4.78, 5) is 0. The van der Waals surface area contributed by atoms with Crippen LogP contribution in [0.3, 0.4) is 0 Å². The summed E-state index contributed by atoms with van der Waals surface area (Å²) in [6.45, 7) is 0. The largest absolute Gasteiger partial charge is 0.422 e. The van der Waals surface area contributed by atoms with Crippen LogP contribution in [0, 0.1) is 0 Å². The Bertz CT molecular complexity index is 372. The third kappa shape index (κ3) is 3.02. The molecule has 0 aliphatic rings. The topological polar surface area (TPSA) is 0 Å². The van der Waals surface area contributed by atoms with Crippen LogP contribution in [-0.4, -0.2) is 6.18 Å². The Balaban J connectivity index is 3.25. The number of halogens is 6. The van der Waals surface area contributed by atoms with Crippen LogP contribution in [0.1, 0.15) is 5.56 Å². The van der Waals surface area contributed by atoms with Crippen molar-refractivity contribution in [2.75, 3.05) is 0 Å². The molecule has 0 saturated heterocycles. The minimum absolute atomic E-state index is 0.520. The van der Waals surface area contributed by atoms with Crippen molar-refractivity contribution >= 4 is 21.5 Å². The molecule has 0 amide bonds. The monoisotopic (exact) mass is 286 g/mol. The van der Waals surface area contributed by atoms with E-state index in [4.69, 9.17) is 0 Å². The summed E-state index contributed by atoms with van der Waals surface area (Å²) in [6, 6.07) is 4.49. The van der Waals surface area contributed by atoms with Crippen molar-refractivity contribution in [3.05, 3.63) is 40.4 Å². The first-order chi connectivity index (χ1) is 6.82. The molecular weight excluding hydrogens is 283 g/mol. The second-order valence-corrected chi connectivity index (χ2v) is 3.56. The Kier molecular flexibility index (Phi) is 3.49. The van der Waals surface area contributed by atoms with Crippen molar-refractivity contribution < 1.29 is 22.0 Å². The molecule has 0 bridgehead atoms. The van der Waals surface area contributed by atoms with Crippen LogP contribution >= 0.6 is 15.9 Å². The fraction of sp³-hybridized carbons (Fsp3) is 0.111. The molecule has 0 atom stereocenters. The van der Waals surface area contributed by atoms with Gasteiger partial charge in [-0.2, -0.15) is 22.0 Å². The zero-order valence-electron chi connectivity index (χ0n) is 7.08. The molecule has 0 unspecified atom stereocenters. The van der Waals surface area contributed by atoms with E-state index in [1.54, 1.807) is 0 Å². The third-order valence-corrected chi connectivity index (χ3v) is 2.13. The van der Waals surface area contributed by atoms with E-state index in [1.165, 1.54) is 12.1 Å². The second-order valence-electron chi connectivity index (χ2n) is 2.64. The highest BCUT2D eigenvalue weighted by atomic mass is 79.9. The number of benzene rings is 1. The maximum atomic E-state index is 12.2. The summed E-state index contributed by atoms with van der Waals surface area (Å²) < 4.78 is 61.4. The lowest BCUT2D eigenvalue weighted by Gasteiger charge is -2.10. The molecule has 0 spiro atoms. The zero-order valence-corrected chi connectivity index (χ0v) is 8.66. The summed E-state index contributed by atoms with van der Waals surface area (Å²) in [5.74, 6) is 0. The van der Waals surface area contributed by atoms with Gasteiger partial charge in [-0.25, -0.2) is 0 Å². The minimum Gasteiger partial charge on any atom is -0.173 e. The van der Waals surface area contributed by atoms with Gasteiger partial charge >= 0.3 is 6.18 Å². The fourth-order valence-corrected chi connectivity index (χ4v) is 1.26. The average molecular weight is 287 g/mol. The number of hydrogen-bond donors (Lipinski definition) is 0. The van der Waals surface area contributed by atoms with Gasteiger partial charge in [0.05, 0.1) is 0 Å². The van der Waals surface area contributed by atoms with Crippen LogP contribution in [0.15, 0.2) is 34.8 Å². The van der Waals surface area contributed by atoms with Crippen LogP contribution in [0.4, 0.5) is 22.0 Å². The normalized spacial score (nSPS) is 11.3. The Morgan fingerprint density at radius 2 is 1.47 bits per heavy atom. The molecule has 0 aliphatic heterocycles. The van der Waals surface area contributed by atoms with Crippen molar-refractivity contribution in [3.63, 3.8) is 0 Å². The summed E-state index contributed by atoms with van der Waals surface area (Å²) in [6.07, 6.45) is -7.78. The highest BCUT2D eigenvalue weighted by Gasteiger charge is 2.38. The highest BCUT2D eigenvalue weighted by Crippen LogP contribution is 2.37. The molecule has 0 fully saturated rings. The molecule has 0 aliphatic carbocycles. The first-order valence-corrected chi connectivity index (χ1v) is 4.50. The maximum Gasteiger partial charge on any atom is 0.422 e. The first-order valence-electron chi connectivity index (χ1n) is 3.71. The molecule has 82 valence electrons. The van der Waals surface area contributed by atoms with Gasteiger partial charge in [0.25, 0.3) is 6.08 Å². The van der Waals surface area contributed by atoms with Crippen molar-refractivity contribution in [1.82, 2.24) is 0 Å². The second kappa shape index (κ2) is 4.30. The minimum atomic E-state index is -5.05. The summed E-state index contributed by atoms with van der Waals surface area (Å²) in [5.41, 5.74) is -2.44. The van der Waals surface area contributed by atoms with Crippen molar-refractivity contribution in [2.24, 2.45) is 0 Å². The van der Waals surface area contributed by atoms with Gasteiger partial charge in [0.15, 0.2) is 0 Å². The summed E-state index contributed by atoms with van der Waals surface area (Å²) >= 11 is 3.00. The van der Waals surface area contributed by atoms with E-state index in [2.05, 4.69) is 15.9 Å². The number of hydrogen-bond acceptors (Lipinski definition) is 0. The molecule has 6 heteroatoms. The predicted octanol–water partition coefficient (Wildman–Crippen LogP) is 4.62. The van der Waals surface area contributed by atoms with Crippen molar-refractivity contribution in [2.45, 2.75) is 6.18 Å². The van der Waals surface area contributed by atoms with Crippen molar-refractivity contribution in [1.29, 1.82) is 0 Å². The zero-order chi connectivity index (χ0) is 11.6. The molecule has 0 aromatic heterocycles. The van der Waals surface area contributed by atoms with Crippen molar-refractivity contribution in [3.8, 4) is 0 Å². The van der Waals surface area contributed by atoms with E-state index in [0.717, 1.165) is 12.1 Å². The van der Waals surface area contributed by atoms with Crippen LogP contribution in [0.25, 0.3) is 5.57 Å². The molecule has 0 nitrogen and oxygen atoms in total. The lowest BCUT2D eigenvalue weighted by molar-refractivity contribution is -0.0711. The standard InChI is InChI=1S/C9H4BrF5/c10-6-3-1-5(2-4-6)7(8(11)12)9(13,14)15/h1-4H. The third-order valence-electron chi connectivity index (χ3n) is 1.61. The molecule has 0 heterocycles. The molecule has 1 rings (SSSR count). The van der Waals surface area contributed by atoms with Gasteiger partial charge in [0.2, 0.25) is 0 Å². The van der Waals surface area contributed by atoms with E-state index in [1.807, 2.05) is 0 Å². The van der Waals surface area contributed by atoms with Crippen LogP contribution in [-0.2, 0) is 0 Å². The SMILES string of the molecule is FC(F)=C(c1ccc(Br)cc1)C(F)(F)F. The van der Waals surface area contributed by atoms with Gasteiger partial charge < -0.3 is 0 Å². The molecule has 15 heavy (non-hydrogen) atoms. The lowest BCUT2D eigenvalue weighted by atomic mass is 10.1. The maximum absolute atomic E-state index is 12.2. The Hall–Kier alpha value is -0.910. The van der Waals surface area contributed by atoms with Gasteiger partial charge in [-0.15, -0.1) is 0 Å². The quantitative estimate of drug-likeness (QED) is 0.661. The number of rotatable bonds is 1. The van der Waals surface area contributed by atoms with Crippen LogP contribution in [0.2, 0.25) is 0 Å². The Morgan fingerprint density at radius 1 is 1.00 bits per heavy atom. The fourth-order valence-electron chi connectivity index (χ4n) is 0.996. The molecular formula is C9H4BrF5. The van der Waals surface area contributed by atoms with Crippen LogP contribution in [0.5, 0.6) is 0 Å². The summed E-state index contributed by atoms with van der Waals surface area (Å²) in [7, 11) is 0. The predicted molar refractivity (Wildman–Crippen MR) is 49.3 cm³/mol. The molecule has 0 saturated carbocycles. The van der Waals surface area contributed by atoms with Gasteiger partial charge in [-0.3, -0.25) is 0 Å². The van der Waals surface area contributed by atoms with E-state index < -0.39 is 23.4 Å². The lowest BCUT2D eigenvalue weighted by Crippen LogP contribution is -2.11. The van der Waals surface area contributed by atoms with E-state index in [0.29, 0.717) is 4.47 Å². The van der Waals surface area contributed by atoms with Gasteiger partial charge in [-0.1, -0.05) is 28.1 Å². The molecule has 1 aromatic carbocycles. The average Bonchev–Trinajstić information content (AvgIpc) is 2.05. The first kappa shape index (κ1) is 12.2. The van der Waals surface area contributed by atoms with Gasteiger partial charge in [-0.05, 0) is 17.7 Å². The van der Waals surface area contributed by atoms with E-state index in [-0.39, 0.29) is 0 Å². The Labute approximate surface area is 90.5 Å². The van der Waals surface area contributed by atoms with Crippen LogP contribution < -0.4 is 0 Å². The highest BCUT2D eigenvalue weighted by molar-refractivity contribution is 9.10. The number of alkyl halides is 3. The van der Waals surface area contributed by atoms with Gasteiger partial charge in [0.1, 0.15) is 5.57 Å². The Morgan fingerprint density at radius 3 is 1.80 bits per heavy atom. The van der Waals surface area contributed by atoms with Gasteiger partial charge in [0, 0.05) is 4.47 Å². The van der Waals surface area contributed by atoms with E-state index >= 15 is 0 Å². The smallest absolute Gasteiger partial charge is 0.173 e. The molecule has 0 N–H and O–H groups in total. The van der Waals surface area contributed by atoms with E-state index in [9.17, 15) is 22.0 Å². The number of allylic oxidation sites excluding steroid dienone is 1. The molecule has 1 aromatic rings. The summed E-state index contributed by atoms with van der Waals surface area (Å²) in [5, 5.41) is 0. The molecule has 0 radical (unpaired) electrons.